The molecule has 0 spiro atoms. The zero-order chi connectivity index (χ0) is 13.7. The minimum Gasteiger partial charge on any atom is -0.338 e. The van der Waals surface area contributed by atoms with E-state index in [1.165, 1.54) is 12.0 Å². The zero-order valence-corrected chi connectivity index (χ0v) is 12.9. The van der Waals surface area contributed by atoms with Crippen LogP contribution in [-0.4, -0.2) is 30.1 Å². The van der Waals surface area contributed by atoms with Crippen molar-refractivity contribution >= 4 is 22.0 Å². The summed E-state index contributed by atoms with van der Waals surface area (Å²) in [6.45, 7) is 3.72. The van der Waals surface area contributed by atoms with Crippen molar-refractivity contribution in [3.05, 3.63) is 34.3 Å². The van der Waals surface area contributed by atoms with Gasteiger partial charge in [-0.1, -0.05) is 28.1 Å². The molecular formula is C15H21BrN2O. The number of rotatable bonds is 3. The molecule has 4 heteroatoms. The van der Waals surface area contributed by atoms with Gasteiger partial charge < -0.3 is 10.2 Å². The smallest absolute Gasteiger partial charge is 0.317 e. The van der Waals surface area contributed by atoms with Gasteiger partial charge in [0.25, 0.3) is 0 Å². The van der Waals surface area contributed by atoms with Crippen LogP contribution in [0.15, 0.2) is 28.7 Å². The lowest BCUT2D eigenvalue weighted by Gasteiger charge is -2.33. The second-order valence-electron chi connectivity index (χ2n) is 5.15. The van der Waals surface area contributed by atoms with Crippen molar-refractivity contribution in [2.45, 2.75) is 38.6 Å². The van der Waals surface area contributed by atoms with Crippen molar-refractivity contribution in [2.24, 2.45) is 0 Å². The Morgan fingerprint density at radius 3 is 2.79 bits per heavy atom. The Labute approximate surface area is 123 Å². The summed E-state index contributed by atoms with van der Waals surface area (Å²) >= 11 is 3.42. The fourth-order valence-corrected chi connectivity index (χ4v) is 2.73. The van der Waals surface area contributed by atoms with Crippen LogP contribution in [0.25, 0.3) is 0 Å². The van der Waals surface area contributed by atoms with Crippen molar-refractivity contribution in [1.82, 2.24) is 10.2 Å². The summed E-state index contributed by atoms with van der Waals surface area (Å²) in [5, 5.41) is 3.02. The lowest BCUT2D eigenvalue weighted by atomic mass is 10.0. The maximum absolute atomic E-state index is 12.1. The summed E-state index contributed by atoms with van der Waals surface area (Å²) in [6.07, 6.45) is 4.37. The van der Waals surface area contributed by atoms with Gasteiger partial charge >= 0.3 is 6.03 Å². The number of halogens is 1. The molecule has 1 unspecified atom stereocenters. The van der Waals surface area contributed by atoms with Crippen LogP contribution in [0.3, 0.4) is 0 Å². The van der Waals surface area contributed by atoms with Crippen LogP contribution in [0, 0.1) is 0 Å². The first-order chi connectivity index (χ1) is 9.16. The van der Waals surface area contributed by atoms with Crippen LogP contribution in [0.2, 0.25) is 0 Å². The molecule has 1 N–H and O–H groups in total. The van der Waals surface area contributed by atoms with E-state index in [9.17, 15) is 4.79 Å². The number of hydrogen-bond acceptors (Lipinski definition) is 1. The highest BCUT2D eigenvalue weighted by atomic mass is 79.9. The molecule has 104 valence electrons. The first-order valence-corrected chi connectivity index (χ1v) is 7.75. The Kier molecular flexibility index (Phi) is 5.25. The van der Waals surface area contributed by atoms with Gasteiger partial charge in [0.1, 0.15) is 0 Å². The molecule has 1 aliphatic rings. The standard InChI is InChI=1S/C15H21BrN2O/c1-12-4-2-3-11-18(12)15(19)17-10-9-13-5-7-14(16)8-6-13/h5-8,12H,2-4,9-11H2,1H3,(H,17,19). The molecule has 1 heterocycles. The average Bonchev–Trinajstić information content (AvgIpc) is 2.41. The maximum atomic E-state index is 12.1. The number of benzene rings is 1. The second kappa shape index (κ2) is 6.94. The van der Waals surface area contributed by atoms with Gasteiger partial charge in [-0.3, -0.25) is 0 Å². The number of carbonyl (C=O) groups is 1. The van der Waals surface area contributed by atoms with Crippen molar-refractivity contribution in [2.75, 3.05) is 13.1 Å². The van der Waals surface area contributed by atoms with Gasteiger partial charge in [-0.05, 0) is 50.3 Å². The van der Waals surface area contributed by atoms with Crippen LogP contribution in [-0.2, 0) is 6.42 Å². The van der Waals surface area contributed by atoms with Crippen molar-refractivity contribution in [1.29, 1.82) is 0 Å². The SMILES string of the molecule is CC1CCCCN1C(=O)NCCc1ccc(Br)cc1. The molecule has 1 aromatic rings. The average molecular weight is 325 g/mol. The van der Waals surface area contributed by atoms with E-state index in [0.29, 0.717) is 12.6 Å². The maximum Gasteiger partial charge on any atom is 0.317 e. The highest BCUT2D eigenvalue weighted by molar-refractivity contribution is 9.10. The summed E-state index contributed by atoms with van der Waals surface area (Å²) in [6, 6.07) is 8.69. The van der Waals surface area contributed by atoms with Crippen molar-refractivity contribution < 1.29 is 4.79 Å². The van der Waals surface area contributed by atoms with E-state index in [0.717, 1.165) is 30.3 Å². The van der Waals surface area contributed by atoms with Gasteiger partial charge in [0.2, 0.25) is 0 Å². The lowest BCUT2D eigenvalue weighted by Crippen LogP contribution is -2.47. The minimum atomic E-state index is 0.0873. The largest absolute Gasteiger partial charge is 0.338 e. The topological polar surface area (TPSA) is 32.3 Å². The Balaban J connectivity index is 1.75. The monoisotopic (exact) mass is 324 g/mol. The van der Waals surface area contributed by atoms with Crippen LogP contribution < -0.4 is 5.32 Å². The van der Waals surface area contributed by atoms with E-state index in [-0.39, 0.29) is 6.03 Å². The Morgan fingerprint density at radius 1 is 1.37 bits per heavy atom. The van der Waals surface area contributed by atoms with Gasteiger partial charge in [0.05, 0.1) is 0 Å². The molecule has 3 nitrogen and oxygen atoms in total. The van der Waals surface area contributed by atoms with E-state index in [2.05, 4.69) is 40.3 Å². The fourth-order valence-electron chi connectivity index (χ4n) is 2.47. The van der Waals surface area contributed by atoms with Crippen LogP contribution >= 0.6 is 15.9 Å². The first-order valence-electron chi connectivity index (χ1n) is 6.96. The molecule has 1 aromatic carbocycles. The molecule has 0 aliphatic carbocycles. The van der Waals surface area contributed by atoms with E-state index >= 15 is 0 Å². The predicted octanol–water partition coefficient (Wildman–Crippen LogP) is 3.58. The number of nitrogens with one attached hydrogen (secondary N) is 1. The van der Waals surface area contributed by atoms with Gasteiger partial charge in [-0.15, -0.1) is 0 Å². The number of carbonyl (C=O) groups excluding carboxylic acids is 1. The molecular weight excluding hydrogens is 304 g/mol. The van der Waals surface area contributed by atoms with Crippen LogP contribution in [0.4, 0.5) is 4.79 Å². The van der Waals surface area contributed by atoms with E-state index in [4.69, 9.17) is 0 Å². The molecule has 2 amide bonds. The molecule has 19 heavy (non-hydrogen) atoms. The second-order valence-corrected chi connectivity index (χ2v) is 6.06. The summed E-state index contributed by atoms with van der Waals surface area (Å²) < 4.78 is 1.09. The van der Waals surface area contributed by atoms with Crippen molar-refractivity contribution in [3.63, 3.8) is 0 Å². The summed E-state index contributed by atoms with van der Waals surface area (Å²) in [7, 11) is 0. The third-order valence-corrected chi connectivity index (χ3v) is 4.20. The molecule has 2 rings (SSSR count). The lowest BCUT2D eigenvalue weighted by molar-refractivity contribution is 0.158. The third-order valence-electron chi connectivity index (χ3n) is 3.67. The number of hydrogen-bond donors (Lipinski definition) is 1. The van der Waals surface area contributed by atoms with Gasteiger partial charge in [0, 0.05) is 23.6 Å². The highest BCUT2D eigenvalue weighted by Gasteiger charge is 2.22. The van der Waals surface area contributed by atoms with Crippen LogP contribution in [0.1, 0.15) is 31.7 Å². The van der Waals surface area contributed by atoms with Gasteiger partial charge in [0.15, 0.2) is 0 Å². The zero-order valence-electron chi connectivity index (χ0n) is 11.4. The molecule has 0 saturated carbocycles. The number of amides is 2. The Hall–Kier alpha value is -1.03. The summed E-state index contributed by atoms with van der Waals surface area (Å²) in [4.78, 5) is 14.0. The molecule has 0 radical (unpaired) electrons. The summed E-state index contributed by atoms with van der Waals surface area (Å²) in [5.41, 5.74) is 1.25. The van der Waals surface area contributed by atoms with Crippen molar-refractivity contribution in [3.8, 4) is 0 Å². The predicted molar refractivity (Wildman–Crippen MR) is 81.3 cm³/mol. The Bertz CT molecular complexity index is 419. The minimum absolute atomic E-state index is 0.0873. The van der Waals surface area contributed by atoms with E-state index < -0.39 is 0 Å². The van der Waals surface area contributed by atoms with E-state index in [1.54, 1.807) is 0 Å². The molecule has 1 atom stereocenters. The number of likely N-dealkylation sites (tertiary alicyclic amines) is 1. The number of piperidine rings is 1. The number of nitrogens with zero attached hydrogens (tertiary/aromatic N) is 1. The number of urea groups is 1. The van der Waals surface area contributed by atoms with E-state index in [1.807, 2.05) is 17.0 Å². The van der Waals surface area contributed by atoms with Crippen LogP contribution in [0.5, 0.6) is 0 Å². The first kappa shape index (κ1) is 14.4. The molecule has 1 fully saturated rings. The Morgan fingerprint density at radius 2 is 2.11 bits per heavy atom. The molecule has 1 aliphatic heterocycles. The van der Waals surface area contributed by atoms with Gasteiger partial charge in [-0.25, -0.2) is 4.79 Å². The molecule has 0 aromatic heterocycles. The van der Waals surface area contributed by atoms with Gasteiger partial charge in [-0.2, -0.15) is 0 Å². The quantitative estimate of drug-likeness (QED) is 0.905. The third kappa shape index (κ3) is 4.23. The normalized spacial score (nSPS) is 19.3. The molecule has 1 saturated heterocycles. The fraction of sp³-hybridized carbons (Fsp3) is 0.533. The summed E-state index contributed by atoms with van der Waals surface area (Å²) in [5.74, 6) is 0. The molecule has 0 bridgehead atoms. The highest BCUT2D eigenvalue weighted by Crippen LogP contribution is 2.16.